The minimum absolute atomic E-state index is 0.245. The van der Waals surface area contributed by atoms with E-state index >= 15 is 0 Å². The zero-order valence-electron chi connectivity index (χ0n) is 12.8. The molecule has 1 aliphatic heterocycles. The number of nitrogens with zero attached hydrogens (tertiary/aromatic N) is 2. The molecule has 1 heterocycles. The van der Waals surface area contributed by atoms with Crippen molar-refractivity contribution >= 4 is 10.0 Å². The van der Waals surface area contributed by atoms with Gasteiger partial charge in [0.15, 0.2) is 0 Å². The highest BCUT2D eigenvalue weighted by Crippen LogP contribution is 2.23. The zero-order chi connectivity index (χ0) is 15.5. The highest BCUT2D eigenvalue weighted by atomic mass is 32.2. The van der Waals surface area contributed by atoms with Gasteiger partial charge in [-0.05, 0) is 11.5 Å². The Hall–Kier alpha value is -0.950. The zero-order valence-corrected chi connectivity index (χ0v) is 13.6. The predicted octanol–water partition coefficient (Wildman–Crippen LogP) is 0.695. The van der Waals surface area contributed by atoms with Crippen molar-refractivity contribution in [2.24, 2.45) is 5.73 Å². The second-order valence-electron chi connectivity index (χ2n) is 5.70. The van der Waals surface area contributed by atoms with Crippen LogP contribution in [0.15, 0.2) is 30.3 Å². The van der Waals surface area contributed by atoms with Gasteiger partial charge in [0.25, 0.3) is 0 Å². The van der Waals surface area contributed by atoms with E-state index in [2.05, 4.69) is 24.0 Å². The van der Waals surface area contributed by atoms with E-state index in [1.807, 2.05) is 18.2 Å². The summed E-state index contributed by atoms with van der Waals surface area (Å²) >= 11 is 0. The minimum atomic E-state index is -3.08. The maximum atomic E-state index is 11.6. The third kappa shape index (κ3) is 4.03. The van der Waals surface area contributed by atoms with Gasteiger partial charge in [-0.15, -0.1) is 0 Å². The van der Waals surface area contributed by atoms with Crippen LogP contribution >= 0.6 is 0 Å². The molecular weight excluding hydrogens is 286 g/mol. The van der Waals surface area contributed by atoms with Crippen LogP contribution in [0.25, 0.3) is 0 Å². The molecule has 21 heavy (non-hydrogen) atoms. The van der Waals surface area contributed by atoms with Crippen LogP contribution < -0.4 is 5.73 Å². The van der Waals surface area contributed by atoms with Crippen molar-refractivity contribution in [2.45, 2.75) is 18.9 Å². The summed E-state index contributed by atoms with van der Waals surface area (Å²) < 4.78 is 24.7. The lowest BCUT2D eigenvalue weighted by Gasteiger charge is -2.40. The first-order chi connectivity index (χ1) is 9.93. The van der Waals surface area contributed by atoms with Crippen LogP contribution in [0, 0.1) is 0 Å². The second kappa shape index (κ2) is 6.87. The quantitative estimate of drug-likeness (QED) is 0.869. The molecular formula is C15H25N3O2S. The lowest BCUT2D eigenvalue weighted by atomic mass is 9.92. The Labute approximate surface area is 127 Å². The first-order valence-electron chi connectivity index (χ1n) is 7.37. The summed E-state index contributed by atoms with van der Waals surface area (Å²) in [4.78, 5) is 2.32. The molecule has 1 saturated heterocycles. The highest BCUT2D eigenvalue weighted by Gasteiger charge is 2.30. The summed E-state index contributed by atoms with van der Waals surface area (Å²) in [5.41, 5.74) is 7.27. The van der Waals surface area contributed by atoms with E-state index in [0.717, 1.165) is 13.1 Å². The topological polar surface area (TPSA) is 66.6 Å². The predicted molar refractivity (Wildman–Crippen MR) is 85.7 cm³/mol. The summed E-state index contributed by atoms with van der Waals surface area (Å²) in [6, 6.07) is 10.6. The molecule has 2 atom stereocenters. The van der Waals surface area contributed by atoms with Crippen molar-refractivity contribution in [1.82, 2.24) is 9.21 Å². The molecule has 2 unspecified atom stereocenters. The Morgan fingerprint density at radius 2 is 1.71 bits per heavy atom. The Morgan fingerprint density at radius 3 is 2.19 bits per heavy atom. The molecule has 1 aromatic carbocycles. The summed E-state index contributed by atoms with van der Waals surface area (Å²) in [7, 11) is -3.08. The number of hydrogen-bond acceptors (Lipinski definition) is 4. The Morgan fingerprint density at radius 1 is 1.14 bits per heavy atom. The Kier molecular flexibility index (Phi) is 5.37. The number of hydrogen-bond donors (Lipinski definition) is 1. The molecule has 1 fully saturated rings. The van der Waals surface area contributed by atoms with E-state index in [1.54, 1.807) is 4.31 Å². The van der Waals surface area contributed by atoms with E-state index in [0.29, 0.717) is 25.6 Å². The minimum Gasteiger partial charge on any atom is -0.329 e. The standard InChI is InChI=1S/C15H25N3O2S/c1-13(14-6-4-3-5-7-14)15(12-16)17-8-10-18(11-9-17)21(2,19)20/h3-7,13,15H,8-12,16H2,1-2H3. The van der Waals surface area contributed by atoms with Crippen molar-refractivity contribution in [1.29, 1.82) is 0 Å². The number of sulfonamides is 1. The number of benzene rings is 1. The van der Waals surface area contributed by atoms with Crippen LogP contribution in [-0.4, -0.2) is 62.6 Å². The van der Waals surface area contributed by atoms with Gasteiger partial charge in [0, 0.05) is 38.8 Å². The first kappa shape index (κ1) is 16.4. The molecule has 0 aromatic heterocycles. The summed E-state index contributed by atoms with van der Waals surface area (Å²) in [6.07, 6.45) is 1.27. The summed E-state index contributed by atoms with van der Waals surface area (Å²) in [5, 5.41) is 0. The fourth-order valence-corrected chi connectivity index (χ4v) is 3.84. The SMILES string of the molecule is CC(c1ccccc1)C(CN)N1CCN(S(C)(=O)=O)CC1. The molecule has 5 nitrogen and oxygen atoms in total. The third-order valence-electron chi connectivity index (χ3n) is 4.36. The van der Waals surface area contributed by atoms with Crippen LogP contribution in [0.1, 0.15) is 18.4 Å². The van der Waals surface area contributed by atoms with E-state index in [1.165, 1.54) is 11.8 Å². The van der Waals surface area contributed by atoms with Crippen LogP contribution in [-0.2, 0) is 10.0 Å². The molecule has 2 N–H and O–H groups in total. The number of rotatable bonds is 5. The van der Waals surface area contributed by atoms with Crippen LogP contribution in [0.2, 0.25) is 0 Å². The van der Waals surface area contributed by atoms with Gasteiger partial charge < -0.3 is 5.73 Å². The van der Waals surface area contributed by atoms with Crippen molar-refractivity contribution in [3.8, 4) is 0 Å². The molecule has 0 bridgehead atoms. The monoisotopic (exact) mass is 311 g/mol. The Bertz CT molecular complexity index is 539. The average molecular weight is 311 g/mol. The van der Waals surface area contributed by atoms with Crippen molar-refractivity contribution in [2.75, 3.05) is 39.0 Å². The third-order valence-corrected chi connectivity index (χ3v) is 5.66. The smallest absolute Gasteiger partial charge is 0.211 e. The lowest BCUT2D eigenvalue weighted by molar-refractivity contribution is 0.126. The first-order valence-corrected chi connectivity index (χ1v) is 9.22. The van der Waals surface area contributed by atoms with Crippen molar-refractivity contribution in [3.63, 3.8) is 0 Å². The van der Waals surface area contributed by atoms with Crippen LogP contribution in [0.5, 0.6) is 0 Å². The molecule has 1 aromatic rings. The molecule has 118 valence electrons. The van der Waals surface area contributed by atoms with Gasteiger partial charge in [-0.1, -0.05) is 37.3 Å². The van der Waals surface area contributed by atoms with Gasteiger partial charge in [0.05, 0.1) is 6.26 Å². The van der Waals surface area contributed by atoms with Gasteiger partial charge in [-0.2, -0.15) is 4.31 Å². The van der Waals surface area contributed by atoms with Crippen molar-refractivity contribution < 1.29 is 8.42 Å². The summed E-state index contributed by atoms with van der Waals surface area (Å²) in [6.45, 7) is 5.36. The van der Waals surface area contributed by atoms with Gasteiger partial charge in [0.2, 0.25) is 10.0 Å². The number of nitrogens with two attached hydrogens (primary N) is 1. The Balaban J connectivity index is 2.03. The van der Waals surface area contributed by atoms with Crippen LogP contribution in [0.4, 0.5) is 0 Å². The van der Waals surface area contributed by atoms with Gasteiger partial charge in [-0.3, -0.25) is 4.90 Å². The van der Waals surface area contributed by atoms with E-state index < -0.39 is 10.0 Å². The molecule has 0 radical (unpaired) electrons. The maximum absolute atomic E-state index is 11.6. The van der Waals surface area contributed by atoms with Crippen LogP contribution in [0.3, 0.4) is 0 Å². The second-order valence-corrected chi connectivity index (χ2v) is 7.68. The van der Waals surface area contributed by atoms with E-state index in [9.17, 15) is 8.42 Å². The highest BCUT2D eigenvalue weighted by molar-refractivity contribution is 7.88. The van der Waals surface area contributed by atoms with E-state index in [4.69, 9.17) is 5.73 Å². The van der Waals surface area contributed by atoms with Gasteiger partial charge >= 0.3 is 0 Å². The molecule has 0 spiro atoms. The fraction of sp³-hybridized carbons (Fsp3) is 0.600. The van der Waals surface area contributed by atoms with Gasteiger partial charge in [-0.25, -0.2) is 8.42 Å². The maximum Gasteiger partial charge on any atom is 0.211 e. The normalized spacial score (nSPS) is 21.1. The summed E-state index contributed by atoms with van der Waals surface area (Å²) in [5.74, 6) is 0.334. The molecule has 0 amide bonds. The average Bonchev–Trinajstić information content (AvgIpc) is 2.48. The lowest BCUT2D eigenvalue weighted by Crippen LogP contribution is -2.54. The fourth-order valence-electron chi connectivity index (χ4n) is 3.02. The van der Waals surface area contributed by atoms with E-state index in [-0.39, 0.29) is 6.04 Å². The molecule has 6 heteroatoms. The molecule has 1 aliphatic rings. The number of piperazine rings is 1. The molecule has 2 rings (SSSR count). The molecule has 0 saturated carbocycles. The largest absolute Gasteiger partial charge is 0.329 e. The van der Waals surface area contributed by atoms with Crippen molar-refractivity contribution in [3.05, 3.63) is 35.9 Å². The molecule has 0 aliphatic carbocycles. The van der Waals surface area contributed by atoms with Gasteiger partial charge in [0.1, 0.15) is 0 Å².